The zero-order valence-electron chi connectivity index (χ0n) is 17.5. The number of carbonyl (C=O) groups is 3. The molecule has 3 rings (SSSR count). The minimum absolute atomic E-state index is 0.000954. The lowest BCUT2D eigenvalue weighted by Gasteiger charge is -2.34. The minimum atomic E-state index is -0.264. The number of halogens is 1. The summed E-state index contributed by atoms with van der Waals surface area (Å²) in [4.78, 5) is 40.9. The third kappa shape index (κ3) is 6.80. The number of hydrogen-bond acceptors (Lipinski definition) is 4. The molecule has 31 heavy (non-hydrogen) atoms. The Morgan fingerprint density at radius 1 is 0.968 bits per heavy atom. The van der Waals surface area contributed by atoms with Gasteiger partial charge in [0.1, 0.15) is 0 Å². The van der Waals surface area contributed by atoms with E-state index in [0.29, 0.717) is 42.5 Å². The maximum absolute atomic E-state index is 12.6. The summed E-state index contributed by atoms with van der Waals surface area (Å²) in [6.07, 6.45) is 0.242. The molecule has 8 heteroatoms. The number of nitrogens with zero attached hydrogens (tertiary/aromatic N) is 2. The topological polar surface area (TPSA) is 81.8 Å². The van der Waals surface area contributed by atoms with Crippen LogP contribution >= 0.6 is 11.6 Å². The highest BCUT2D eigenvalue weighted by molar-refractivity contribution is 6.33. The number of nitrogens with one attached hydrogen (secondary N) is 2. The van der Waals surface area contributed by atoms with E-state index in [9.17, 15) is 14.4 Å². The number of rotatable bonds is 7. The van der Waals surface area contributed by atoms with Gasteiger partial charge in [0.15, 0.2) is 0 Å². The van der Waals surface area contributed by atoms with E-state index in [2.05, 4.69) is 10.6 Å². The summed E-state index contributed by atoms with van der Waals surface area (Å²) in [5, 5.41) is 6.18. The van der Waals surface area contributed by atoms with Gasteiger partial charge in [0.05, 0.1) is 17.3 Å². The predicted molar refractivity (Wildman–Crippen MR) is 121 cm³/mol. The second-order valence-corrected chi connectivity index (χ2v) is 8.04. The fourth-order valence-corrected chi connectivity index (χ4v) is 3.63. The van der Waals surface area contributed by atoms with E-state index >= 15 is 0 Å². The van der Waals surface area contributed by atoms with Gasteiger partial charge in [-0.25, -0.2) is 0 Å². The average Bonchev–Trinajstić information content (AvgIpc) is 2.76. The van der Waals surface area contributed by atoms with Crippen molar-refractivity contribution in [3.05, 3.63) is 65.2 Å². The predicted octanol–water partition coefficient (Wildman–Crippen LogP) is 2.63. The first-order chi connectivity index (χ1) is 14.9. The summed E-state index contributed by atoms with van der Waals surface area (Å²) in [6.45, 7) is 4.42. The Balaban J connectivity index is 1.39. The third-order valence-electron chi connectivity index (χ3n) is 5.13. The Morgan fingerprint density at radius 2 is 1.61 bits per heavy atom. The van der Waals surface area contributed by atoms with Crippen LogP contribution in [0, 0.1) is 0 Å². The van der Waals surface area contributed by atoms with Crippen molar-refractivity contribution in [3.63, 3.8) is 0 Å². The lowest BCUT2D eigenvalue weighted by Crippen LogP contribution is -2.51. The molecule has 3 amide bonds. The summed E-state index contributed by atoms with van der Waals surface area (Å²) in [5.74, 6) is -0.318. The molecule has 0 unspecified atom stereocenters. The molecule has 1 aliphatic rings. The quantitative estimate of drug-likeness (QED) is 0.690. The number of piperazine rings is 1. The largest absolute Gasteiger partial charge is 0.349 e. The summed E-state index contributed by atoms with van der Waals surface area (Å²) in [7, 11) is 0. The number of hydrogen-bond donors (Lipinski definition) is 2. The highest BCUT2D eigenvalue weighted by atomic mass is 35.5. The Hall–Kier alpha value is -2.90. The van der Waals surface area contributed by atoms with Crippen LogP contribution in [-0.2, 0) is 9.59 Å². The summed E-state index contributed by atoms with van der Waals surface area (Å²) in [5.41, 5.74) is 1.17. The molecule has 1 heterocycles. The van der Waals surface area contributed by atoms with Gasteiger partial charge in [-0.05, 0) is 31.2 Å². The minimum Gasteiger partial charge on any atom is -0.349 e. The monoisotopic (exact) mass is 442 g/mol. The van der Waals surface area contributed by atoms with E-state index in [4.69, 9.17) is 11.6 Å². The van der Waals surface area contributed by atoms with E-state index in [1.807, 2.05) is 30.0 Å². The maximum Gasteiger partial charge on any atom is 0.251 e. The maximum atomic E-state index is 12.6. The molecule has 0 saturated carbocycles. The van der Waals surface area contributed by atoms with Gasteiger partial charge in [-0.15, -0.1) is 0 Å². The third-order valence-corrected chi connectivity index (χ3v) is 5.46. The van der Waals surface area contributed by atoms with Crippen molar-refractivity contribution < 1.29 is 14.4 Å². The normalized spacial score (nSPS) is 15.2. The first-order valence-corrected chi connectivity index (χ1v) is 10.7. The van der Waals surface area contributed by atoms with Crippen molar-refractivity contribution in [3.8, 4) is 0 Å². The van der Waals surface area contributed by atoms with Gasteiger partial charge in [-0.2, -0.15) is 0 Å². The molecule has 1 fully saturated rings. The SMILES string of the molecule is C[C@@H](CC(=O)N1CCN(CC(=O)Nc2ccccc2Cl)CC1)NC(=O)c1ccccc1. The number of para-hydroxylation sites is 1. The van der Waals surface area contributed by atoms with Crippen molar-refractivity contribution in [2.45, 2.75) is 19.4 Å². The Bertz CT molecular complexity index is 914. The van der Waals surface area contributed by atoms with Crippen molar-refractivity contribution in [2.75, 3.05) is 38.0 Å². The van der Waals surface area contributed by atoms with Crippen LogP contribution in [0.3, 0.4) is 0 Å². The van der Waals surface area contributed by atoms with E-state index < -0.39 is 0 Å². The molecule has 2 aromatic rings. The molecule has 1 saturated heterocycles. The van der Waals surface area contributed by atoms with E-state index in [0.717, 1.165) is 0 Å². The Labute approximate surface area is 187 Å². The highest BCUT2D eigenvalue weighted by Gasteiger charge is 2.24. The Morgan fingerprint density at radius 3 is 2.29 bits per heavy atom. The standard InChI is InChI=1S/C23H27ClN4O3/c1-17(25-23(31)18-7-3-2-4-8-18)15-22(30)28-13-11-27(12-14-28)16-21(29)26-20-10-6-5-9-19(20)24/h2-10,17H,11-16H2,1H3,(H,25,31)(H,26,29)/t17-/m0/s1. The van der Waals surface area contributed by atoms with Crippen LogP contribution in [0.2, 0.25) is 5.02 Å². The number of anilines is 1. The summed E-state index contributed by atoms with van der Waals surface area (Å²) < 4.78 is 0. The molecule has 0 aliphatic carbocycles. The molecule has 2 aromatic carbocycles. The molecule has 164 valence electrons. The fraction of sp³-hybridized carbons (Fsp3) is 0.348. The van der Waals surface area contributed by atoms with E-state index in [1.54, 1.807) is 41.3 Å². The van der Waals surface area contributed by atoms with Gasteiger partial charge in [-0.1, -0.05) is 41.9 Å². The molecule has 1 aliphatic heterocycles. The van der Waals surface area contributed by atoms with Crippen molar-refractivity contribution in [1.82, 2.24) is 15.1 Å². The van der Waals surface area contributed by atoms with Crippen LogP contribution < -0.4 is 10.6 Å². The second-order valence-electron chi connectivity index (χ2n) is 7.63. The van der Waals surface area contributed by atoms with Gasteiger partial charge in [0.2, 0.25) is 11.8 Å². The summed E-state index contributed by atoms with van der Waals surface area (Å²) >= 11 is 6.07. The molecular formula is C23H27ClN4O3. The fourth-order valence-electron chi connectivity index (χ4n) is 3.45. The van der Waals surface area contributed by atoms with Crippen LogP contribution in [0.15, 0.2) is 54.6 Å². The second kappa shape index (κ2) is 10.9. The first kappa shape index (κ1) is 22.8. The van der Waals surface area contributed by atoms with Gasteiger partial charge >= 0.3 is 0 Å². The van der Waals surface area contributed by atoms with Crippen molar-refractivity contribution in [2.24, 2.45) is 0 Å². The van der Waals surface area contributed by atoms with Gasteiger partial charge < -0.3 is 15.5 Å². The van der Waals surface area contributed by atoms with Crippen LogP contribution in [-0.4, -0.2) is 66.3 Å². The van der Waals surface area contributed by atoms with Crippen LogP contribution in [0.4, 0.5) is 5.69 Å². The average molecular weight is 443 g/mol. The molecule has 0 bridgehead atoms. The van der Waals surface area contributed by atoms with Gasteiger partial charge in [0.25, 0.3) is 5.91 Å². The number of carbonyl (C=O) groups excluding carboxylic acids is 3. The zero-order valence-corrected chi connectivity index (χ0v) is 18.3. The lowest BCUT2D eigenvalue weighted by atomic mass is 10.1. The van der Waals surface area contributed by atoms with Gasteiger partial charge in [-0.3, -0.25) is 19.3 Å². The van der Waals surface area contributed by atoms with E-state index in [1.165, 1.54) is 0 Å². The molecule has 1 atom stereocenters. The number of amides is 3. The molecule has 0 spiro atoms. The van der Waals surface area contributed by atoms with Crippen molar-refractivity contribution >= 4 is 35.0 Å². The van der Waals surface area contributed by atoms with Crippen LogP contribution in [0.25, 0.3) is 0 Å². The Kier molecular flexibility index (Phi) is 8.03. The summed E-state index contributed by atoms with van der Waals surface area (Å²) in [6, 6.07) is 15.8. The van der Waals surface area contributed by atoms with E-state index in [-0.39, 0.29) is 36.7 Å². The van der Waals surface area contributed by atoms with Gasteiger partial charge in [0, 0.05) is 44.2 Å². The molecule has 2 N–H and O–H groups in total. The molecule has 7 nitrogen and oxygen atoms in total. The zero-order chi connectivity index (χ0) is 22.2. The lowest BCUT2D eigenvalue weighted by molar-refractivity contribution is -0.133. The highest BCUT2D eigenvalue weighted by Crippen LogP contribution is 2.20. The molecule has 0 radical (unpaired) electrons. The molecule has 0 aromatic heterocycles. The number of benzene rings is 2. The first-order valence-electron chi connectivity index (χ1n) is 10.3. The smallest absolute Gasteiger partial charge is 0.251 e. The molecular weight excluding hydrogens is 416 g/mol. The van der Waals surface area contributed by atoms with Crippen LogP contribution in [0.5, 0.6) is 0 Å². The van der Waals surface area contributed by atoms with Crippen LogP contribution in [0.1, 0.15) is 23.7 Å². The van der Waals surface area contributed by atoms with Crippen molar-refractivity contribution in [1.29, 1.82) is 0 Å².